The normalized spacial score (nSPS) is 33.3. The lowest BCUT2D eigenvalue weighted by Crippen LogP contribution is -2.57. The Morgan fingerprint density at radius 1 is 1.21 bits per heavy atom. The van der Waals surface area contributed by atoms with Gasteiger partial charge in [-0.15, -0.1) is 0 Å². The molecule has 0 aromatic heterocycles. The zero-order chi connectivity index (χ0) is 14.8. The van der Waals surface area contributed by atoms with Gasteiger partial charge in [-0.05, 0) is 0 Å². The van der Waals surface area contributed by atoms with Crippen LogP contribution in [-0.2, 0) is 29.6 Å². The topological polar surface area (TPSA) is 180 Å². The molecule has 4 atom stereocenters. The molecule has 1 saturated heterocycles. The fourth-order valence-corrected chi connectivity index (χ4v) is 2.46. The summed E-state index contributed by atoms with van der Waals surface area (Å²) in [4.78, 5) is 0. The molecule has 0 aromatic rings. The predicted octanol–water partition coefficient (Wildman–Crippen LogP) is -2.96. The summed E-state index contributed by atoms with van der Waals surface area (Å²) in [6, 6.07) is -1.52. The number of hydrogen-bond donors (Lipinski definition) is 5. The Kier molecular flexibility index (Phi) is 5.21. The molecule has 1 fully saturated rings. The van der Waals surface area contributed by atoms with Crippen LogP contribution in [0.25, 0.3) is 0 Å². The summed E-state index contributed by atoms with van der Waals surface area (Å²) >= 11 is 0. The van der Waals surface area contributed by atoms with Gasteiger partial charge in [0, 0.05) is 6.42 Å². The number of rotatable bonds is 5. The number of aliphatic hydroxyl groups is 2. The van der Waals surface area contributed by atoms with Crippen LogP contribution in [-0.4, -0.2) is 67.3 Å². The number of aliphatic hydroxyl groups excluding tert-OH is 2. The van der Waals surface area contributed by atoms with Crippen LogP contribution in [0.3, 0.4) is 0 Å². The van der Waals surface area contributed by atoms with Crippen LogP contribution >= 0.6 is 0 Å². The molecule has 1 heterocycles. The van der Waals surface area contributed by atoms with E-state index in [0.717, 1.165) is 0 Å². The first-order chi connectivity index (χ1) is 8.48. The van der Waals surface area contributed by atoms with Crippen molar-refractivity contribution in [3.63, 3.8) is 0 Å². The lowest BCUT2D eigenvalue weighted by Gasteiger charge is -2.36. The smallest absolute Gasteiger partial charge is 0.391 e. The van der Waals surface area contributed by atoms with E-state index in [2.05, 4.69) is 4.18 Å². The first-order valence-corrected chi connectivity index (χ1v) is 7.66. The molecule has 0 aliphatic carbocycles. The Hall–Kier alpha value is -0.380. The van der Waals surface area contributed by atoms with Crippen molar-refractivity contribution in [3.8, 4) is 0 Å². The minimum Gasteiger partial charge on any atom is -0.391 e. The van der Waals surface area contributed by atoms with Gasteiger partial charge >= 0.3 is 20.7 Å². The van der Waals surface area contributed by atoms with E-state index < -0.39 is 51.8 Å². The summed E-state index contributed by atoms with van der Waals surface area (Å²) in [7, 11) is -9.36. The number of hydrogen-bond acceptors (Lipinski definition) is 8. The molecule has 0 bridgehead atoms. The summed E-state index contributed by atoms with van der Waals surface area (Å²) in [6.07, 6.45) is -4.67. The van der Waals surface area contributed by atoms with Crippen LogP contribution in [0.2, 0.25) is 0 Å². The summed E-state index contributed by atoms with van der Waals surface area (Å²) in [6.45, 7) is -0.675. The Balaban J connectivity index is 2.61. The van der Waals surface area contributed by atoms with E-state index in [4.69, 9.17) is 13.8 Å². The molecule has 114 valence electrons. The second kappa shape index (κ2) is 5.94. The fourth-order valence-electron chi connectivity index (χ4n) is 1.52. The fraction of sp³-hybridized carbons (Fsp3) is 1.00. The van der Waals surface area contributed by atoms with Crippen LogP contribution < -0.4 is 4.72 Å². The third-order valence-electron chi connectivity index (χ3n) is 2.25. The monoisotopic (exact) mass is 323 g/mol. The zero-order valence-electron chi connectivity index (χ0n) is 9.28. The summed E-state index contributed by atoms with van der Waals surface area (Å²) in [5.41, 5.74) is 0. The van der Waals surface area contributed by atoms with E-state index >= 15 is 0 Å². The summed E-state index contributed by atoms with van der Waals surface area (Å²) < 4.78 is 68.9. The third-order valence-corrected chi connectivity index (χ3v) is 3.25. The molecule has 13 heteroatoms. The molecule has 0 amide bonds. The van der Waals surface area contributed by atoms with Gasteiger partial charge in [0.1, 0.15) is 6.04 Å². The Labute approximate surface area is 109 Å². The van der Waals surface area contributed by atoms with Gasteiger partial charge in [-0.1, -0.05) is 0 Å². The molecule has 5 N–H and O–H groups in total. The van der Waals surface area contributed by atoms with E-state index in [1.54, 1.807) is 4.72 Å². The van der Waals surface area contributed by atoms with Gasteiger partial charge in [0.2, 0.25) is 0 Å². The lowest BCUT2D eigenvalue weighted by atomic mass is 10.0. The summed E-state index contributed by atoms with van der Waals surface area (Å²) in [5.74, 6) is 0. The third kappa shape index (κ3) is 6.07. The molecular formula is C6H13NO10S2. The van der Waals surface area contributed by atoms with Gasteiger partial charge in [0.05, 0.1) is 18.8 Å². The standard InChI is InChI=1S/C6H13NO10S2/c8-4-1-3(2-16-19(13,14)15)17-6(9)5(4)7-18(10,11)12/h3-9H,1-2H2,(H,10,11,12)(H,13,14,15). The van der Waals surface area contributed by atoms with Crippen LogP contribution in [0.15, 0.2) is 0 Å². The highest BCUT2D eigenvalue weighted by Gasteiger charge is 2.39. The Bertz CT molecular complexity index is 488. The van der Waals surface area contributed by atoms with Gasteiger partial charge in [0.25, 0.3) is 0 Å². The maximum atomic E-state index is 10.6. The molecule has 0 radical (unpaired) electrons. The van der Waals surface area contributed by atoms with E-state index in [9.17, 15) is 27.0 Å². The molecule has 1 rings (SSSR count). The van der Waals surface area contributed by atoms with Crippen molar-refractivity contribution in [2.24, 2.45) is 0 Å². The van der Waals surface area contributed by atoms with Gasteiger partial charge in [-0.2, -0.15) is 21.6 Å². The molecule has 0 saturated carbocycles. The second-order valence-electron chi connectivity index (χ2n) is 3.78. The average Bonchev–Trinajstić information content (AvgIpc) is 2.18. The van der Waals surface area contributed by atoms with Crippen molar-refractivity contribution in [3.05, 3.63) is 0 Å². The van der Waals surface area contributed by atoms with Crippen molar-refractivity contribution in [2.45, 2.75) is 31.0 Å². The van der Waals surface area contributed by atoms with Crippen LogP contribution in [0, 0.1) is 0 Å². The first-order valence-electron chi connectivity index (χ1n) is 4.86. The summed E-state index contributed by atoms with van der Waals surface area (Å²) in [5, 5.41) is 19.0. The van der Waals surface area contributed by atoms with Gasteiger partial charge in [-0.25, -0.2) is 4.18 Å². The van der Waals surface area contributed by atoms with Crippen molar-refractivity contribution in [1.82, 2.24) is 4.72 Å². The molecule has 19 heavy (non-hydrogen) atoms. The Morgan fingerprint density at radius 3 is 2.21 bits per heavy atom. The van der Waals surface area contributed by atoms with Crippen molar-refractivity contribution < 1.29 is 45.1 Å². The lowest BCUT2D eigenvalue weighted by molar-refractivity contribution is -0.209. The highest BCUT2D eigenvalue weighted by Crippen LogP contribution is 2.20. The highest BCUT2D eigenvalue weighted by atomic mass is 32.3. The van der Waals surface area contributed by atoms with Gasteiger partial charge < -0.3 is 14.9 Å². The van der Waals surface area contributed by atoms with E-state index in [1.165, 1.54) is 0 Å². The van der Waals surface area contributed by atoms with E-state index in [-0.39, 0.29) is 6.42 Å². The molecule has 4 unspecified atom stereocenters. The predicted molar refractivity (Wildman–Crippen MR) is 57.5 cm³/mol. The van der Waals surface area contributed by atoms with Gasteiger partial charge in [0.15, 0.2) is 6.29 Å². The minimum atomic E-state index is -4.70. The Morgan fingerprint density at radius 2 is 1.79 bits per heavy atom. The second-order valence-corrected chi connectivity index (χ2v) is 6.06. The van der Waals surface area contributed by atoms with Crippen molar-refractivity contribution in [2.75, 3.05) is 6.61 Å². The minimum absolute atomic E-state index is 0.292. The average molecular weight is 323 g/mol. The van der Waals surface area contributed by atoms with Crippen LogP contribution in [0.1, 0.15) is 6.42 Å². The maximum absolute atomic E-state index is 10.6. The highest BCUT2D eigenvalue weighted by molar-refractivity contribution is 7.83. The zero-order valence-corrected chi connectivity index (χ0v) is 10.9. The van der Waals surface area contributed by atoms with Crippen molar-refractivity contribution in [1.29, 1.82) is 0 Å². The largest absolute Gasteiger partial charge is 0.397 e. The van der Waals surface area contributed by atoms with Gasteiger partial charge in [-0.3, -0.25) is 9.11 Å². The molecule has 11 nitrogen and oxygen atoms in total. The molecular weight excluding hydrogens is 310 g/mol. The van der Waals surface area contributed by atoms with Crippen molar-refractivity contribution >= 4 is 20.7 Å². The van der Waals surface area contributed by atoms with E-state index in [1.807, 2.05) is 0 Å². The first kappa shape index (κ1) is 16.7. The number of nitrogens with one attached hydrogen (secondary N) is 1. The molecule has 0 aromatic carbocycles. The maximum Gasteiger partial charge on any atom is 0.397 e. The quantitative estimate of drug-likeness (QED) is 0.328. The molecule has 1 aliphatic rings. The molecule has 1 aliphatic heterocycles. The van der Waals surface area contributed by atoms with E-state index in [0.29, 0.717) is 0 Å². The molecule has 0 spiro atoms. The SMILES string of the molecule is O=S(=O)(O)NC1C(O)CC(COS(=O)(=O)O)OC1O. The number of ether oxygens (including phenoxy) is 1. The van der Waals surface area contributed by atoms with Crippen LogP contribution in [0.5, 0.6) is 0 Å². The van der Waals surface area contributed by atoms with Crippen LogP contribution in [0.4, 0.5) is 0 Å².